The largest absolute Gasteiger partial charge is 0.484 e. The first-order valence-corrected chi connectivity index (χ1v) is 7.37. The first-order chi connectivity index (χ1) is 9.47. The summed E-state index contributed by atoms with van der Waals surface area (Å²) >= 11 is 5.62. The number of ether oxygens (including phenoxy) is 1. The van der Waals surface area contributed by atoms with E-state index >= 15 is 0 Å². The number of benzene rings is 1. The van der Waals surface area contributed by atoms with Crippen LogP contribution >= 0.6 is 11.6 Å². The number of hydrogen-bond acceptors (Lipinski definition) is 2. The Labute approximate surface area is 123 Å². The van der Waals surface area contributed by atoms with Gasteiger partial charge in [0.05, 0.1) is 0 Å². The van der Waals surface area contributed by atoms with Gasteiger partial charge in [0, 0.05) is 17.5 Å². The zero-order chi connectivity index (χ0) is 14.7. The molecule has 1 heterocycles. The van der Waals surface area contributed by atoms with Gasteiger partial charge in [0.2, 0.25) is 0 Å². The van der Waals surface area contributed by atoms with E-state index in [0.717, 1.165) is 38.1 Å². The summed E-state index contributed by atoms with van der Waals surface area (Å²) in [6.07, 6.45) is 1.55. The Bertz CT molecular complexity index is 438. The second-order valence-corrected chi connectivity index (χ2v) is 6.17. The lowest BCUT2D eigenvalue weighted by atomic mass is 9.93. The Morgan fingerprint density at radius 3 is 2.50 bits per heavy atom. The zero-order valence-corrected chi connectivity index (χ0v) is 12.5. The molecule has 1 aliphatic rings. The summed E-state index contributed by atoms with van der Waals surface area (Å²) in [7, 11) is 0. The molecule has 1 aromatic carbocycles. The van der Waals surface area contributed by atoms with Crippen LogP contribution in [0.2, 0.25) is 5.02 Å². The monoisotopic (exact) mass is 303 g/mol. The fraction of sp³-hybridized carbons (Fsp3) is 0.600. The Balaban J connectivity index is 2.18. The molecule has 1 aromatic rings. The fourth-order valence-corrected chi connectivity index (χ4v) is 2.78. The van der Waals surface area contributed by atoms with Crippen LogP contribution in [0.4, 0.5) is 8.78 Å². The van der Waals surface area contributed by atoms with E-state index in [2.05, 4.69) is 19.2 Å². The highest BCUT2D eigenvalue weighted by atomic mass is 35.5. The highest BCUT2D eigenvalue weighted by molar-refractivity contribution is 6.30. The van der Waals surface area contributed by atoms with Gasteiger partial charge in [-0.05, 0) is 37.4 Å². The standard InChI is InChI=1S/C15H20ClF2NO/c1-9(2)5-14(10-3-4-19-8-10)20-15-12(17)6-11(16)7-13(15)18/h6-7,9-10,14,19H,3-5,8H2,1-2H3. The van der Waals surface area contributed by atoms with Gasteiger partial charge in [-0.1, -0.05) is 25.4 Å². The van der Waals surface area contributed by atoms with E-state index in [0.29, 0.717) is 5.92 Å². The molecule has 0 aromatic heterocycles. The molecule has 5 heteroatoms. The predicted molar refractivity (Wildman–Crippen MR) is 76.2 cm³/mol. The smallest absolute Gasteiger partial charge is 0.191 e. The van der Waals surface area contributed by atoms with Crippen LogP contribution < -0.4 is 10.1 Å². The van der Waals surface area contributed by atoms with E-state index in [1.807, 2.05) is 0 Å². The van der Waals surface area contributed by atoms with Crippen molar-refractivity contribution in [3.63, 3.8) is 0 Å². The summed E-state index contributed by atoms with van der Waals surface area (Å²) in [5.41, 5.74) is 0. The van der Waals surface area contributed by atoms with Gasteiger partial charge in [0.25, 0.3) is 0 Å². The van der Waals surface area contributed by atoms with Crippen LogP contribution in [0.3, 0.4) is 0 Å². The maximum atomic E-state index is 13.8. The molecular formula is C15H20ClF2NO. The van der Waals surface area contributed by atoms with Crippen LogP contribution in [-0.4, -0.2) is 19.2 Å². The summed E-state index contributed by atoms with van der Waals surface area (Å²) in [6.45, 7) is 5.91. The third kappa shape index (κ3) is 3.83. The van der Waals surface area contributed by atoms with Crippen molar-refractivity contribution in [2.45, 2.75) is 32.8 Å². The molecule has 0 amide bonds. The maximum Gasteiger partial charge on any atom is 0.191 e. The van der Waals surface area contributed by atoms with E-state index in [9.17, 15) is 8.78 Å². The lowest BCUT2D eigenvalue weighted by Crippen LogP contribution is -2.31. The minimum atomic E-state index is -0.741. The Hall–Kier alpha value is -0.870. The van der Waals surface area contributed by atoms with Crippen molar-refractivity contribution in [1.82, 2.24) is 5.32 Å². The normalized spacial score (nSPS) is 20.4. The molecule has 1 saturated heterocycles. The Morgan fingerprint density at radius 1 is 1.35 bits per heavy atom. The van der Waals surface area contributed by atoms with Gasteiger partial charge in [0.1, 0.15) is 6.10 Å². The van der Waals surface area contributed by atoms with Crippen molar-refractivity contribution >= 4 is 11.6 Å². The maximum absolute atomic E-state index is 13.8. The van der Waals surface area contributed by atoms with Crippen molar-refractivity contribution in [2.24, 2.45) is 11.8 Å². The van der Waals surface area contributed by atoms with Gasteiger partial charge in [0.15, 0.2) is 17.4 Å². The first kappa shape index (κ1) is 15.5. The average molecular weight is 304 g/mol. The SMILES string of the molecule is CC(C)CC(Oc1c(F)cc(Cl)cc1F)C1CCNC1. The van der Waals surface area contributed by atoms with Gasteiger partial charge in [-0.25, -0.2) is 8.78 Å². The number of nitrogens with one attached hydrogen (secondary N) is 1. The number of rotatable bonds is 5. The second-order valence-electron chi connectivity index (χ2n) is 5.74. The summed E-state index contributed by atoms with van der Waals surface area (Å²) in [4.78, 5) is 0. The van der Waals surface area contributed by atoms with E-state index in [1.54, 1.807) is 0 Å². The van der Waals surface area contributed by atoms with Crippen LogP contribution in [0.5, 0.6) is 5.75 Å². The summed E-state index contributed by atoms with van der Waals surface area (Å²) in [5.74, 6) is -1.11. The van der Waals surface area contributed by atoms with Crippen LogP contribution in [-0.2, 0) is 0 Å². The number of hydrogen-bond donors (Lipinski definition) is 1. The van der Waals surface area contributed by atoms with Gasteiger partial charge >= 0.3 is 0 Å². The fourth-order valence-electron chi connectivity index (χ4n) is 2.59. The van der Waals surface area contributed by atoms with E-state index in [-0.39, 0.29) is 22.8 Å². The highest BCUT2D eigenvalue weighted by Gasteiger charge is 2.29. The molecule has 0 bridgehead atoms. The predicted octanol–water partition coefficient (Wildman–Crippen LogP) is 4.02. The molecule has 1 aliphatic heterocycles. The molecule has 1 N–H and O–H groups in total. The van der Waals surface area contributed by atoms with Gasteiger partial charge in [-0.15, -0.1) is 0 Å². The molecular weight excluding hydrogens is 284 g/mol. The van der Waals surface area contributed by atoms with Gasteiger partial charge in [-0.3, -0.25) is 0 Å². The topological polar surface area (TPSA) is 21.3 Å². The molecule has 0 aliphatic carbocycles. The molecule has 2 atom stereocenters. The molecule has 0 radical (unpaired) electrons. The molecule has 2 unspecified atom stereocenters. The van der Waals surface area contributed by atoms with E-state index in [4.69, 9.17) is 16.3 Å². The summed E-state index contributed by atoms with van der Waals surface area (Å²) in [6, 6.07) is 2.17. The third-order valence-electron chi connectivity index (χ3n) is 3.56. The van der Waals surface area contributed by atoms with E-state index in [1.165, 1.54) is 0 Å². The third-order valence-corrected chi connectivity index (χ3v) is 3.78. The van der Waals surface area contributed by atoms with Crippen molar-refractivity contribution in [3.05, 3.63) is 28.8 Å². The molecule has 2 nitrogen and oxygen atoms in total. The summed E-state index contributed by atoms with van der Waals surface area (Å²) in [5, 5.41) is 3.30. The molecule has 20 heavy (non-hydrogen) atoms. The lowest BCUT2D eigenvalue weighted by molar-refractivity contribution is 0.109. The molecule has 2 rings (SSSR count). The molecule has 1 fully saturated rings. The van der Waals surface area contributed by atoms with E-state index < -0.39 is 11.6 Å². The number of halogens is 3. The van der Waals surface area contributed by atoms with Crippen molar-refractivity contribution in [2.75, 3.05) is 13.1 Å². The van der Waals surface area contributed by atoms with Crippen molar-refractivity contribution in [3.8, 4) is 5.75 Å². The molecule has 112 valence electrons. The Morgan fingerprint density at radius 2 is 2.00 bits per heavy atom. The molecule has 0 saturated carbocycles. The molecule has 0 spiro atoms. The first-order valence-electron chi connectivity index (χ1n) is 6.99. The van der Waals surface area contributed by atoms with Crippen LogP contribution in [0, 0.1) is 23.5 Å². The van der Waals surface area contributed by atoms with Crippen molar-refractivity contribution < 1.29 is 13.5 Å². The highest BCUT2D eigenvalue weighted by Crippen LogP contribution is 2.30. The quantitative estimate of drug-likeness (QED) is 0.887. The zero-order valence-electron chi connectivity index (χ0n) is 11.8. The average Bonchev–Trinajstić information content (AvgIpc) is 2.85. The van der Waals surface area contributed by atoms with Crippen molar-refractivity contribution in [1.29, 1.82) is 0 Å². The van der Waals surface area contributed by atoms with Gasteiger partial charge in [-0.2, -0.15) is 0 Å². The minimum absolute atomic E-state index is 0.0373. The second kappa shape index (κ2) is 6.72. The van der Waals surface area contributed by atoms with Crippen LogP contribution in [0.25, 0.3) is 0 Å². The van der Waals surface area contributed by atoms with Gasteiger partial charge < -0.3 is 10.1 Å². The lowest BCUT2D eigenvalue weighted by Gasteiger charge is -2.26. The minimum Gasteiger partial charge on any atom is -0.484 e. The summed E-state index contributed by atoms with van der Waals surface area (Å²) < 4.78 is 33.3. The Kier molecular flexibility index (Phi) is 5.22. The van der Waals surface area contributed by atoms with Crippen LogP contribution in [0.1, 0.15) is 26.7 Å². The van der Waals surface area contributed by atoms with Crippen LogP contribution in [0.15, 0.2) is 12.1 Å².